The van der Waals surface area contributed by atoms with E-state index in [1.807, 2.05) is 7.05 Å². The molecule has 3 N–H and O–H groups in total. The Morgan fingerprint density at radius 2 is 1.54 bits per heavy atom. The van der Waals surface area contributed by atoms with E-state index in [0.29, 0.717) is 19.0 Å². The fourth-order valence-corrected chi connectivity index (χ4v) is 8.29. The van der Waals surface area contributed by atoms with Gasteiger partial charge in [-0.25, -0.2) is 9.52 Å². The van der Waals surface area contributed by atoms with E-state index in [0.717, 1.165) is 62.7 Å². The molecule has 0 spiro atoms. The molecule has 4 fully saturated rings. The summed E-state index contributed by atoms with van der Waals surface area (Å²) < 4.78 is 29.0. The third kappa shape index (κ3) is 4.27. The van der Waals surface area contributed by atoms with Gasteiger partial charge in [-0.2, -0.15) is 12.7 Å². The van der Waals surface area contributed by atoms with Crippen LogP contribution >= 0.6 is 0 Å². The summed E-state index contributed by atoms with van der Waals surface area (Å²) in [5, 5.41) is 6.28. The van der Waals surface area contributed by atoms with Crippen LogP contribution in [0.1, 0.15) is 35.1 Å². The van der Waals surface area contributed by atoms with Gasteiger partial charge in [0.1, 0.15) is 0 Å². The van der Waals surface area contributed by atoms with Crippen molar-refractivity contribution in [3.05, 3.63) is 28.3 Å². The Labute approximate surface area is 208 Å². The number of benzene rings is 1. The topological polar surface area (TPSA) is 97.0 Å². The van der Waals surface area contributed by atoms with Gasteiger partial charge in [-0.15, -0.1) is 0 Å². The molecule has 0 bridgehead atoms. The van der Waals surface area contributed by atoms with Crippen LogP contribution in [0.3, 0.4) is 0 Å². The van der Waals surface area contributed by atoms with Crippen LogP contribution in [0.15, 0.2) is 6.07 Å². The zero-order valence-electron chi connectivity index (χ0n) is 20.8. The van der Waals surface area contributed by atoms with Gasteiger partial charge in [-0.05, 0) is 74.9 Å². The molecule has 0 unspecified atom stereocenters. The lowest BCUT2D eigenvalue weighted by atomic mass is 9.93. The average molecular weight is 503 g/mol. The summed E-state index contributed by atoms with van der Waals surface area (Å²) in [4.78, 5) is 17.2. The summed E-state index contributed by atoms with van der Waals surface area (Å²) in [7, 11) is 0.398. The number of nitrogens with zero attached hydrogens (tertiary/aromatic N) is 3. The van der Waals surface area contributed by atoms with E-state index in [-0.39, 0.29) is 6.04 Å². The van der Waals surface area contributed by atoms with Gasteiger partial charge in [-0.1, -0.05) is 6.07 Å². The van der Waals surface area contributed by atoms with E-state index in [1.54, 1.807) is 0 Å². The highest BCUT2D eigenvalue weighted by atomic mass is 32.2. The molecule has 4 aliphatic heterocycles. The summed E-state index contributed by atoms with van der Waals surface area (Å²) in [5.41, 5.74) is 5.89. The summed E-state index contributed by atoms with van der Waals surface area (Å²) in [5.74, 6) is 1.37. The van der Waals surface area contributed by atoms with Crippen molar-refractivity contribution >= 4 is 21.9 Å². The fraction of sp³-hybridized carbons (Fsp3) is 0.720. The van der Waals surface area contributed by atoms with Crippen LogP contribution in [0.5, 0.6) is 0 Å². The molecule has 9 nitrogen and oxygen atoms in total. The summed E-state index contributed by atoms with van der Waals surface area (Å²) >= 11 is 0. The number of carbonyl (C=O) groups is 1. The molecule has 4 atom stereocenters. The molecule has 10 heteroatoms. The van der Waals surface area contributed by atoms with Gasteiger partial charge in [-0.3, -0.25) is 0 Å². The van der Waals surface area contributed by atoms with Gasteiger partial charge < -0.3 is 20.4 Å². The Bertz CT molecular complexity index is 1090. The number of fused-ring (bicyclic) bond motifs is 4. The van der Waals surface area contributed by atoms with Gasteiger partial charge in [0.05, 0.1) is 0 Å². The minimum Gasteiger partial charge on any atom is -0.315 e. The van der Waals surface area contributed by atoms with Gasteiger partial charge in [0.25, 0.3) is 0 Å². The smallest absolute Gasteiger partial charge is 0.315 e. The van der Waals surface area contributed by atoms with E-state index in [2.05, 4.69) is 38.3 Å². The van der Waals surface area contributed by atoms with Crippen LogP contribution in [-0.4, -0.2) is 94.0 Å². The molecule has 6 aliphatic rings. The fourth-order valence-electron chi connectivity index (χ4n) is 7.13. The zero-order chi connectivity index (χ0) is 24.3. The molecule has 35 heavy (non-hydrogen) atoms. The molecule has 4 saturated heterocycles. The Balaban J connectivity index is 0.000000240. The largest absolute Gasteiger partial charge is 0.333 e. The lowest BCUT2D eigenvalue weighted by molar-refractivity contribution is 0.0826. The molecule has 192 valence electrons. The van der Waals surface area contributed by atoms with E-state index in [4.69, 9.17) is 0 Å². The highest BCUT2D eigenvalue weighted by molar-refractivity contribution is 7.87. The molecule has 7 rings (SSSR count). The van der Waals surface area contributed by atoms with Gasteiger partial charge in [0, 0.05) is 68.9 Å². The number of anilines is 1. The van der Waals surface area contributed by atoms with Crippen molar-refractivity contribution < 1.29 is 13.2 Å². The second-order valence-electron chi connectivity index (χ2n) is 11.3. The number of nitrogens with one attached hydrogen (secondary N) is 3. The third-order valence-corrected chi connectivity index (χ3v) is 10.5. The monoisotopic (exact) mass is 502 g/mol. The van der Waals surface area contributed by atoms with Crippen LogP contribution in [0, 0.1) is 11.8 Å². The number of hydrogen-bond donors (Lipinski definition) is 3. The second-order valence-corrected chi connectivity index (χ2v) is 13.0. The maximum Gasteiger partial charge on any atom is 0.333 e. The molecule has 1 aromatic rings. The Kier molecular flexibility index (Phi) is 6.08. The Morgan fingerprint density at radius 3 is 2.11 bits per heavy atom. The standard InChI is InChI=1S/C19H26N4O3S.C6H12N2/c1-22-9-14-10-23(11-17(14)22)27(25,26)21-19(24)20-18-15-6-2-4-12(15)8-13-5-3-7-16(13)18;1-8-4-5-2-7-3-6(5)8/h8,14,17H,2-7,9-11H2,1H3,(H2,20,21,24);5-7H,2-4H2,1H3/t14-,17+;5-,6-/m10/s1. The van der Waals surface area contributed by atoms with Gasteiger partial charge >= 0.3 is 16.2 Å². The number of rotatable bonds is 3. The Hall–Kier alpha value is -1.72. The normalized spacial score (nSPS) is 31.4. The van der Waals surface area contributed by atoms with E-state index < -0.39 is 16.2 Å². The van der Waals surface area contributed by atoms with Crippen molar-refractivity contribution in [2.45, 2.75) is 50.6 Å². The lowest BCUT2D eigenvalue weighted by Gasteiger charge is -2.40. The highest BCUT2D eigenvalue weighted by Crippen LogP contribution is 2.38. The number of likely N-dealkylation sites (tertiary alicyclic amines) is 2. The van der Waals surface area contributed by atoms with Crippen molar-refractivity contribution in [2.75, 3.05) is 58.7 Å². The molecule has 2 aliphatic carbocycles. The second kappa shape index (κ2) is 8.99. The average Bonchev–Trinajstić information content (AvgIpc) is 3.57. The minimum atomic E-state index is -3.81. The molecule has 0 saturated carbocycles. The van der Waals surface area contributed by atoms with Crippen LogP contribution < -0.4 is 15.4 Å². The summed E-state index contributed by atoms with van der Waals surface area (Å²) in [6.45, 7) is 5.67. The molecular formula is C25H38N6O3S. The van der Waals surface area contributed by atoms with Gasteiger partial charge in [0.15, 0.2) is 0 Å². The molecule has 0 aromatic heterocycles. The minimum absolute atomic E-state index is 0.283. The first-order valence-electron chi connectivity index (χ1n) is 13.2. The first-order valence-corrected chi connectivity index (χ1v) is 14.6. The molecule has 2 amide bonds. The summed E-state index contributed by atoms with van der Waals surface area (Å²) in [6, 6.07) is 2.82. The first kappa shape index (κ1) is 23.7. The first-order chi connectivity index (χ1) is 16.8. The number of hydrogen-bond acceptors (Lipinski definition) is 6. The molecule has 1 aromatic carbocycles. The number of likely N-dealkylation sites (N-methyl/N-ethyl adjacent to an activating group) is 2. The van der Waals surface area contributed by atoms with Crippen molar-refractivity contribution in [3.63, 3.8) is 0 Å². The van der Waals surface area contributed by atoms with Crippen LogP contribution in [-0.2, 0) is 35.9 Å². The maximum absolute atomic E-state index is 12.7. The molecular weight excluding hydrogens is 464 g/mol. The number of aryl methyl sites for hydroxylation is 2. The van der Waals surface area contributed by atoms with E-state index >= 15 is 0 Å². The lowest BCUT2D eigenvalue weighted by Crippen LogP contribution is -2.53. The van der Waals surface area contributed by atoms with Crippen LogP contribution in [0.25, 0.3) is 0 Å². The maximum atomic E-state index is 12.7. The van der Waals surface area contributed by atoms with Crippen molar-refractivity contribution in [1.29, 1.82) is 0 Å². The number of urea groups is 1. The zero-order valence-corrected chi connectivity index (χ0v) is 21.7. The highest BCUT2D eigenvalue weighted by Gasteiger charge is 2.47. The van der Waals surface area contributed by atoms with Crippen molar-refractivity contribution in [3.8, 4) is 0 Å². The third-order valence-electron chi connectivity index (χ3n) is 9.13. The van der Waals surface area contributed by atoms with Gasteiger partial charge in [0.2, 0.25) is 0 Å². The number of carbonyl (C=O) groups excluding carboxylic acids is 1. The van der Waals surface area contributed by atoms with Crippen molar-refractivity contribution in [1.82, 2.24) is 24.1 Å². The van der Waals surface area contributed by atoms with E-state index in [9.17, 15) is 13.2 Å². The van der Waals surface area contributed by atoms with E-state index in [1.165, 1.54) is 46.2 Å². The predicted molar refractivity (Wildman–Crippen MR) is 136 cm³/mol. The SMILES string of the molecule is CN1C[C@@H]2CN(S(=O)(=O)NC(=O)Nc3c4c(cc5c3CCC5)CCC4)C[C@@H]21.CN1C[C@@H]2CNC[C@@H]21. The van der Waals surface area contributed by atoms with Crippen LogP contribution in [0.4, 0.5) is 10.5 Å². The molecule has 4 heterocycles. The quantitative estimate of drug-likeness (QED) is 0.566. The van der Waals surface area contributed by atoms with Crippen molar-refractivity contribution in [2.24, 2.45) is 11.8 Å². The summed E-state index contributed by atoms with van der Waals surface area (Å²) in [6.07, 6.45) is 6.18. The van der Waals surface area contributed by atoms with Crippen LogP contribution in [0.2, 0.25) is 0 Å². The number of amides is 2. The Morgan fingerprint density at radius 1 is 0.886 bits per heavy atom. The molecule has 0 radical (unpaired) electrons. The predicted octanol–water partition coefficient (Wildman–Crippen LogP) is 0.796.